The van der Waals surface area contributed by atoms with E-state index < -0.39 is 11.6 Å². The Morgan fingerprint density at radius 2 is 1.86 bits per heavy atom. The molecule has 1 aliphatic carbocycles. The van der Waals surface area contributed by atoms with Crippen molar-refractivity contribution in [3.05, 3.63) is 42.0 Å². The van der Waals surface area contributed by atoms with Crippen LogP contribution < -0.4 is 14.4 Å². The summed E-state index contributed by atoms with van der Waals surface area (Å²) in [6.07, 6.45) is 8.77. The van der Waals surface area contributed by atoms with Crippen LogP contribution in [0.1, 0.15) is 58.3 Å². The second-order valence-corrected chi connectivity index (χ2v) is 14.9. The molecule has 4 aromatic rings. The highest BCUT2D eigenvalue weighted by molar-refractivity contribution is 6.02. The number of pyridine rings is 1. The van der Waals surface area contributed by atoms with Crippen molar-refractivity contribution in [3.63, 3.8) is 0 Å². The van der Waals surface area contributed by atoms with Crippen LogP contribution in [0.3, 0.4) is 0 Å². The molecule has 3 saturated heterocycles. The van der Waals surface area contributed by atoms with Crippen molar-refractivity contribution in [1.29, 1.82) is 0 Å². The maximum absolute atomic E-state index is 17.1. The highest BCUT2D eigenvalue weighted by atomic mass is 19.1. The first-order valence-electron chi connectivity index (χ1n) is 18.5. The van der Waals surface area contributed by atoms with Crippen LogP contribution in [0.15, 0.2) is 30.3 Å². The number of halogens is 2. The summed E-state index contributed by atoms with van der Waals surface area (Å²) in [5.41, 5.74) is -0.156. The highest BCUT2D eigenvalue weighted by Crippen LogP contribution is 2.49. The summed E-state index contributed by atoms with van der Waals surface area (Å²) in [7, 11) is 1.46. The number of nitrogens with zero attached hydrogens (tertiary/aromatic N) is 5. The SMILES string of the molecule is COc1nc(-c2cc(O)cc3cccc(F)c23)c(F)c2nc(OCC34CCCC3N(CC3CCO[C@@H](C)C3)CCC4)nc(N3CCCOCC3)c12. The van der Waals surface area contributed by atoms with E-state index in [1.54, 1.807) is 12.1 Å². The summed E-state index contributed by atoms with van der Waals surface area (Å²) in [6.45, 7) is 7.88. The van der Waals surface area contributed by atoms with Gasteiger partial charge in [0.15, 0.2) is 5.82 Å². The van der Waals surface area contributed by atoms with Gasteiger partial charge in [0, 0.05) is 55.3 Å². The van der Waals surface area contributed by atoms with Crippen LogP contribution in [-0.2, 0) is 9.47 Å². The summed E-state index contributed by atoms with van der Waals surface area (Å²) in [5, 5.41) is 11.5. The molecule has 3 unspecified atom stereocenters. The number of phenols is 1. The summed E-state index contributed by atoms with van der Waals surface area (Å²) in [5.74, 6) is -0.279. The van der Waals surface area contributed by atoms with E-state index in [9.17, 15) is 5.11 Å². The number of aromatic hydroxyl groups is 1. The topological polar surface area (TPSA) is 102 Å². The first-order chi connectivity index (χ1) is 24.8. The minimum Gasteiger partial charge on any atom is -0.508 e. The van der Waals surface area contributed by atoms with Gasteiger partial charge in [-0.3, -0.25) is 4.90 Å². The van der Waals surface area contributed by atoms with Crippen molar-refractivity contribution in [2.24, 2.45) is 11.3 Å². The van der Waals surface area contributed by atoms with E-state index in [0.29, 0.717) is 67.6 Å². The Morgan fingerprint density at radius 3 is 2.73 bits per heavy atom. The molecule has 4 fully saturated rings. The maximum Gasteiger partial charge on any atom is 0.319 e. The van der Waals surface area contributed by atoms with Gasteiger partial charge >= 0.3 is 6.01 Å². The van der Waals surface area contributed by atoms with Crippen LogP contribution in [0.25, 0.3) is 32.9 Å². The molecule has 3 aliphatic heterocycles. The van der Waals surface area contributed by atoms with Gasteiger partial charge in [0.2, 0.25) is 5.88 Å². The summed E-state index contributed by atoms with van der Waals surface area (Å²) in [4.78, 5) is 19.0. The quantitative estimate of drug-likeness (QED) is 0.209. The molecule has 0 radical (unpaired) electrons. The van der Waals surface area contributed by atoms with E-state index in [-0.39, 0.29) is 45.2 Å². The van der Waals surface area contributed by atoms with Crippen molar-refractivity contribution >= 4 is 27.5 Å². The number of piperidine rings is 1. The molecule has 51 heavy (non-hydrogen) atoms. The molecule has 0 spiro atoms. The van der Waals surface area contributed by atoms with Crippen LogP contribution >= 0.6 is 0 Å². The van der Waals surface area contributed by atoms with Crippen LogP contribution in [0, 0.1) is 23.0 Å². The van der Waals surface area contributed by atoms with Crippen molar-refractivity contribution in [3.8, 4) is 28.9 Å². The van der Waals surface area contributed by atoms with Gasteiger partial charge in [-0.1, -0.05) is 18.6 Å². The number of anilines is 1. The van der Waals surface area contributed by atoms with Gasteiger partial charge in [-0.2, -0.15) is 9.97 Å². The first-order valence-corrected chi connectivity index (χ1v) is 18.5. The Balaban J connectivity index is 1.19. The molecule has 1 saturated carbocycles. The predicted molar refractivity (Wildman–Crippen MR) is 191 cm³/mol. The van der Waals surface area contributed by atoms with Crippen LogP contribution in [0.2, 0.25) is 0 Å². The molecule has 5 heterocycles. The van der Waals surface area contributed by atoms with Crippen molar-refractivity contribution in [1.82, 2.24) is 19.9 Å². The van der Waals surface area contributed by atoms with Gasteiger partial charge in [-0.25, -0.2) is 13.8 Å². The minimum absolute atomic E-state index is 0.0331. The Labute approximate surface area is 297 Å². The predicted octanol–water partition coefficient (Wildman–Crippen LogP) is 6.89. The standard InChI is InChI=1S/C39H47F2N5O5/c1-24-19-25(10-17-50-24)22-46-13-5-12-39(11-4-9-30(39)46)23-51-38-43-35-32(36(44-38)45-14-6-16-49-18-15-45)37(48-2)42-34(33(35)41)28-21-27(47)20-26-7-3-8-29(40)31(26)28/h3,7-8,20-21,24-25,30,47H,4-6,9-19,22-23H2,1-2H3/t24-,25?,30?,39?/m0/s1. The molecule has 2 aromatic carbocycles. The van der Waals surface area contributed by atoms with Crippen molar-refractivity contribution < 1.29 is 32.8 Å². The van der Waals surface area contributed by atoms with Gasteiger partial charge in [-0.15, -0.1) is 0 Å². The monoisotopic (exact) mass is 703 g/mol. The van der Waals surface area contributed by atoms with Crippen molar-refractivity contribution in [2.45, 2.75) is 70.4 Å². The summed E-state index contributed by atoms with van der Waals surface area (Å²) < 4.78 is 56.3. The lowest BCUT2D eigenvalue weighted by Crippen LogP contribution is -2.53. The highest BCUT2D eigenvalue weighted by Gasteiger charge is 2.49. The molecule has 8 rings (SSSR count). The van der Waals surface area contributed by atoms with Gasteiger partial charge in [0.25, 0.3) is 0 Å². The largest absolute Gasteiger partial charge is 0.508 e. The summed E-state index contributed by atoms with van der Waals surface area (Å²) >= 11 is 0. The van der Waals surface area contributed by atoms with Crippen LogP contribution in [0.4, 0.5) is 14.6 Å². The number of ether oxygens (including phenoxy) is 4. The fourth-order valence-corrected chi connectivity index (χ4v) is 9.26. The molecule has 1 N–H and O–H groups in total. The van der Waals surface area contributed by atoms with E-state index in [4.69, 9.17) is 28.9 Å². The summed E-state index contributed by atoms with van der Waals surface area (Å²) in [6, 6.07) is 7.78. The number of benzene rings is 2. The normalized spacial score (nSPS) is 26.0. The molecule has 10 nitrogen and oxygen atoms in total. The fraction of sp³-hybridized carbons (Fsp3) is 0.564. The van der Waals surface area contributed by atoms with Crippen LogP contribution in [-0.4, -0.2) is 96.8 Å². The second-order valence-electron chi connectivity index (χ2n) is 14.9. The van der Waals surface area contributed by atoms with Gasteiger partial charge in [0.05, 0.1) is 26.4 Å². The van der Waals surface area contributed by atoms with E-state index in [1.807, 2.05) is 4.90 Å². The maximum atomic E-state index is 17.1. The number of fused-ring (bicyclic) bond motifs is 3. The Hall–Kier alpha value is -3.87. The third kappa shape index (κ3) is 6.55. The number of phenolic OH excluding ortho intramolecular Hbond substituents is 1. The number of rotatable bonds is 8. The Bertz CT molecular complexity index is 1910. The zero-order valence-corrected chi connectivity index (χ0v) is 29.5. The van der Waals surface area contributed by atoms with Gasteiger partial charge in [0.1, 0.15) is 34.0 Å². The zero-order chi connectivity index (χ0) is 35.1. The second kappa shape index (κ2) is 14.3. The number of hydrogen-bond donors (Lipinski definition) is 1. The Morgan fingerprint density at radius 1 is 0.980 bits per heavy atom. The molecule has 272 valence electrons. The van der Waals surface area contributed by atoms with Crippen molar-refractivity contribution in [2.75, 3.05) is 64.6 Å². The molecule has 2 aromatic heterocycles. The van der Waals surface area contributed by atoms with Gasteiger partial charge < -0.3 is 29.0 Å². The number of aromatic nitrogens is 3. The number of hydrogen-bond acceptors (Lipinski definition) is 10. The molecule has 4 atom stereocenters. The van der Waals surface area contributed by atoms with E-state index in [2.05, 4.69) is 16.8 Å². The molecule has 4 aliphatic rings. The third-order valence-corrected chi connectivity index (χ3v) is 11.6. The third-order valence-electron chi connectivity index (χ3n) is 11.6. The van der Waals surface area contributed by atoms with Gasteiger partial charge in [-0.05, 0) is 87.9 Å². The lowest BCUT2D eigenvalue weighted by molar-refractivity contribution is -0.0369. The minimum atomic E-state index is -0.771. The van der Waals surface area contributed by atoms with E-state index in [0.717, 1.165) is 71.1 Å². The number of likely N-dealkylation sites (tertiary alicyclic amines) is 1. The zero-order valence-electron chi connectivity index (χ0n) is 29.5. The van der Waals surface area contributed by atoms with E-state index >= 15 is 8.78 Å². The van der Waals surface area contributed by atoms with Crippen LogP contribution in [0.5, 0.6) is 17.6 Å². The average Bonchev–Trinajstić information content (AvgIpc) is 3.38. The number of methoxy groups -OCH3 is 1. The Kier molecular flexibility index (Phi) is 9.58. The molecule has 12 heteroatoms. The molecule has 0 amide bonds. The molecular formula is C39H47F2N5O5. The lowest BCUT2D eigenvalue weighted by atomic mass is 9.75. The van der Waals surface area contributed by atoms with E-state index in [1.165, 1.54) is 25.3 Å². The fourth-order valence-electron chi connectivity index (χ4n) is 9.26. The molecular weight excluding hydrogens is 656 g/mol. The lowest BCUT2D eigenvalue weighted by Gasteiger charge is -2.47. The average molecular weight is 704 g/mol. The molecule has 0 bridgehead atoms. The first kappa shape index (κ1) is 34.2. The smallest absolute Gasteiger partial charge is 0.319 e.